The number of anilines is 2. The molecule has 2 fully saturated rings. The number of nitrogens with zero attached hydrogens (tertiary/aromatic N) is 6. The highest BCUT2D eigenvalue weighted by Crippen LogP contribution is 2.41. The van der Waals surface area contributed by atoms with Crippen LogP contribution in [0, 0.1) is 18.8 Å². The van der Waals surface area contributed by atoms with Crippen LogP contribution in [-0.4, -0.2) is 67.9 Å². The van der Waals surface area contributed by atoms with Crippen LogP contribution in [0.15, 0.2) is 36.5 Å². The van der Waals surface area contributed by atoms with Crippen LogP contribution in [-0.2, 0) is 13.6 Å². The average Bonchev–Trinajstić information content (AvgIpc) is 3.71. The van der Waals surface area contributed by atoms with Crippen molar-refractivity contribution in [1.29, 1.82) is 0 Å². The Labute approximate surface area is 259 Å². The molecule has 1 amide bonds. The van der Waals surface area contributed by atoms with Crippen molar-refractivity contribution in [2.75, 3.05) is 31.3 Å². The van der Waals surface area contributed by atoms with Gasteiger partial charge in [-0.1, -0.05) is 0 Å². The molecule has 2 saturated carbocycles. The Bertz CT molecular complexity index is 1660. The highest BCUT2D eigenvalue weighted by Gasteiger charge is 2.32. The lowest BCUT2D eigenvalue weighted by molar-refractivity contribution is 0.102. The van der Waals surface area contributed by atoms with Crippen molar-refractivity contribution in [3.63, 3.8) is 0 Å². The van der Waals surface area contributed by atoms with E-state index >= 15 is 0 Å². The maximum absolute atomic E-state index is 13.8. The number of ether oxygens (including phenoxy) is 1. The quantitative estimate of drug-likeness (QED) is 0.304. The number of aromatic nitrogens is 5. The van der Waals surface area contributed by atoms with Crippen LogP contribution in [0.2, 0.25) is 0 Å². The standard InChI is InChI=1S/C34H44N8O2/c1-21-16-24-17-30(36-21)28-19-35-41(4)33(28)44-15-5-6-23(22-7-8-22)20-42-31-18-26(11-14-29(31)38-34(42)39-32(24)43)37-25-9-12-27(13-10-25)40(2)3/h11,14,16-19,22-23,25,27,37H,5-10,12-13,15,20H2,1-4H3,(H,38,39,43). The molecule has 3 aromatic heterocycles. The van der Waals surface area contributed by atoms with Crippen LogP contribution in [0.4, 0.5) is 11.6 Å². The van der Waals surface area contributed by atoms with Gasteiger partial charge >= 0.3 is 0 Å². The molecule has 2 bridgehead atoms. The molecule has 3 aliphatic rings. The third kappa shape index (κ3) is 5.92. The maximum Gasteiger partial charge on any atom is 0.258 e. The number of aryl methyl sites for hydroxylation is 2. The second-order valence-electron chi connectivity index (χ2n) is 13.3. The third-order valence-electron chi connectivity index (χ3n) is 9.81. The van der Waals surface area contributed by atoms with Gasteiger partial charge in [0.05, 0.1) is 35.1 Å². The third-order valence-corrected chi connectivity index (χ3v) is 9.81. The fourth-order valence-corrected chi connectivity index (χ4v) is 7.14. The first-order valence-electron chi connectivity index (χ1n) is 16.2. The average molecular weight is 597 g/mol. The number of pyridine rings is 1. The van der Waals surface area contributed by atoms with E-state index in [9.17, 15) is 4.79 Å². The summed E-state index contributed by atoms with van der Waals surface area (Å²) < 4.78 is 10.3. The monoisotopic (exact) mass is 596 g/mol. The summed E-state index contributed by atoms with van der Waals surface area (Å²) in [5, 5.41) is 11.4. The number of hydrogen-bond donors (Lipinski definition) is 2. The Hall–Kier alpha value is -3.92. The normalized spacial score (nSPS) is 22.8. The molecule has 0 radical (unpaired) electrons. The zero-order valence-electron chi connectivity index (χ0n) is 26.3. The van der Waals surface area contributed by atoms with Crippen molar-refractivity contribution in [3.8, 4) is 17.1 Å². The minimum Gasteiger partial charge on any atom is -0.477 e. The number of imidazole rings is 1. The summed E-state index contributed by atoms with van der Waals surface area (Å²) in [6.07, 6.45) is 11.0. The molecule has 0 saturated heterocycles. The molecule has 2 N–H and O–H groups in total. The Balaban J connectivity index is 1.23. The Morgan fingerprint density at radius 1 is 1.00 bits per heavy atom. The number of rotatable bonds is 4. The van der Waals surface area contributed by atoms with Crippen LogP contribution >= 0.6 is 0 Å². The minimum absolute atomic E-state index is 0.200. The lowest BCUT2D eigenvalue weighted by atomic mass is 9.90. The van der Waals surface area contributed by atoms with Crippen molar-refractivity contribution < 1.29 is 9.53 Å². The SMILES string of the molecule is Cc1cc2cc(n1)-c1cnn(C)c1OCCCC(C1CC1)Cn1c(nc3ccc(NC4CCC(N(C)C)CC4)cc31)NC2=O. The highest BCUT2D eigenvalue weighted by molar-refractivity contribution is 6.05. The van der Waals surface area contributed by atoms with Gasteiger partial charge in [0.25, 0.3) is 5.91 Å². The zero-order chi connectivity index (χ0) is 30.4. The van der Waals surface area contributed by atoms with Gasteiger partial charge in [-0.3, -0.25) is 15.1 Å². The largest absolute Gasteiger partial charge is 0.477 e. The van der Waals surface area contributed by atoms with E-state index in [1.807, 2.05) is 26.1 Å². The molecular formula is C34H44N8O2. The van der Waals surface area contributed by atoms with Gasteiger partial charge in [0.2, 0.25) is 11.8 Å². The molecule has 7 rings (SSSR count). The van der Waals surface area contributed by atoms with Gasteiger partial charge in [0.1, 0.15) is 0 Å². The summed E-state index contributed by atoms with van der Waals surface area (Å²) in [5.74, 6) is 2.25. The van der Waals surface area contributed by atoms with E-state index in [1.165, 1.54) is 38.5 Å². The van der Waals surface area contributed by atoms with Crippen LogP contribution in [0.1, 0.15) is 67.4 Å². The molecule has 4 aromatic rings. The van der Waals surface area contributed by atoms with Gasteiger partial charge in [-0.05, 0) is 115 Å². The summed E-state index contributed by atoms with van der Waals surface area (Å²) >= 11 is 0. The number of nitrogens with one attached hydrogen (secondary N) is 2. The fourth-order valence-electron chi connectivity index (χ4n) is 7.14. The van der Waals surface area contributed by atoms with E-state index in [-0.39, 0.29) is 5.91 Å². The molecule has 10 heteroatoms. The minimum atomic E-state index is -0.200. The second-order valence-corrected chi connectivity index (χ2v) is 13.3. The van der Waals surface area contributed by atoms with Crippen LogP contribution in [0.5, 0.6) is 5.88 Å². The zero-order valence-corrected chi connectivity index (χ0v) is 26.3. The Morgan fingerprint density at radius 2 is 1.82 bits per heavy atom. The van der Waals surface area contributed by atoms with E-state index in [0.717, 1.165) is 47.4 Å². The molecule has 1 aliphatic heterocycles. The van der Waals surface area contributed by atoms with Crippen molar-refractivity contribution >= 4 is 28.6 Å². The molecule has 0 spiro atoms. The van der Waals surface area contributed by atoms with Crippen molar-refractivity contribution in [2.45, 2.75) is 76.9 Å². The van der Waals surface area contributed by atoms with Crippen LogP contribution < -0.4 is 15.4 Å². The Morgan fingerprint density at radius 3 is 2.59 bits per heavy atom. The van der Waals surface area contributed by atoms with Gasteiger partial charge < -0.3 is 19.5 Å². The number of carbonyl (C=O) groups is 1. The smallest absolute Gasteiger partial charge is 0.258 e. The van der Waals surface area contributed by atoms with Crippen LogP contribution in [0.3, 0.4) is 0 Å². The predicted octanol–water partition coefficient (Wildman–Crippen LogP) is 5.88. The maximum atomic E-state index is 13.8. The van der Waals surface area contributed by atoms with E-state index < -0.39 is 0 Å². The number of hydrogen-bond acceptors (Lipinski definition) is 7. The number of amides is 1. The summed E-state index contributed by atoms with van der Waals surface area (Å²) in [5.41, 5.74) is 5.83. The summed E-state index contributed by atoms with van der Waals surface area (Å²) in [6, 6.07) is 11.2. The van der Waals surface area contributed by atoms with Crippen molar-refractivity contribution in [2.24, 2.45) is 18.9 Å². The van der Waals surface area contributed by atoms with Gasteiger partial charge in [0.15, 0.2) is 0 Å². The van der Waals surface area contributed by atoms with E-state index in [2.05, 4.69) is 57.5 Å². The summed E-state index contributed by atoms with van der Waals surface area (Å²) in [7, 11) is 6.25. The Kier molecular flexibility index (Phi) is 7.78. The first-order chi connectivity index (χ1) is 21.3. The predicted molar refractivity (Wildman–Crippen MR) is 173 cm³/mol. The van der Waals surface area contributed by atoms with E-state index in [0.29, 0.717) is 53.6 Å². The first-order valence-corrected chi connectivity index (χ1v) is 16.2. The molecule has 1 atom stereocenters. The molecule has 1 aromatic carbocycles. The first kappa shape index (κ1) is 28.8. The summed E-state index contributed by atoms with van der Waals surface area (Å²) in [6.45, 7) is 3.32. The van der Waals surface area contributed by atoms with Gasteiger partial charge in [0, 0.05) is 42.6 Å². The molecule has 232 valence electrons. The molecule has 1 unspecified atom stereocenters. The lowest BCUT2D eigenvalue weighted by Gasteiger charge is -2.33. The van der Waals surface area contributed by atoms with Crippen molar-refractivity contribution in [1.82, 2.24) is 29.2 Å². The van der Waals surface area contributed by atoms with Gasteiger partial charge in [-0.25, -0.2) is 9.67 Å². The van der Waals surface area contributed by atoms with E-state index in [1.54, 1.807) is 10.9 Å². The van der Waals surface area contributed by atoms with Gasteiger partial charge in [-0.2, -0.15) is 5.10 Å². The fraction of sp³-hybridized carbons (Fsp3) is 0.529. The number of fused-ring (bicyclic) bond motifs is 7. The lowest BCUT2D eigenvalue weighted by Crippen LogP contribution is -2.36. The molecule has 10 nitrogen and oxygen atoms in total. The van der Waals surface area contributed by atoms with E-state index in [4.69, 9.17) is 14.7 Å². The van der Waals surface area contributed by atoms with Crippen LogP contribution in [0.25, 0.3) is 22.3 Å². The molecular weight excluding hydrogens is 552 g/mol. The van der Waals surface area contributed by atoms with Gasteiger partial charge in [-0.15, -0.1) is 0 Å². The summed E-state index contributed by atoms with van der Waals surface area (Å²) in [4.78, 5) is 25.9. The topological polar surface area (TPSA) is 102 Å². The molecule has 2 aliphatic carbocycles. The van der Waals surface area contributed by atoms with Crippen molar-refractivity contribution in [3.05, 3.63) is 47.8 Å². The molecule has 4 heterocycles. The second kappa shape index (κ2) is 11.9. The highest BCUT2D eigenvalue weighted by atomic mass is 16.5. The number of carbonyl (C=O) groups excluding carboxylic acids is 1. The molecule has 44 heavy (non-hydrogen) atoms. The number of benzene rings is 1.